The van der Waals surface area contributed by atoms with E-state index >= 15 is 0 Å². The maximum atomic E-state index is 13.6. The minimum absolute atomic E-state index is 0.283. The molecule has 2 aromatic rings. The van der Waals surface area contributed by atoms with Crippen LogP contribution in [0.1, 0.15) is 27.9 Å². The summed E-state index contributed by atoms with van der Waals surface area (Å²) in [6.45, 7) is 1.47. The van der Waals surface area contributed by atoms with Crippen LogP contribution in [0.25, 0.3) is 0 Å². The molecule has 1 aromatic heterocycles. The van der Waals surface area contributed by atoms with Gasteiger partial charge in [0.15, 0.2) is 17.7 Å². The van der Waals surface area contributed by atoms with Crippen LogP contribution in [0.4, 0.5) is 22.0 Å². The average Bonchev–Trinajstić information content (AvgIpc) is 2.85. The molecule has 0 spiro atoms. The first kappa shape index (κ1) is 15.9. The number of amides is 1. The van der Waals surface area contributed by atoms with Crippen LogP contribution in [0, 0.1) is 18.6 Å². The van der Waals surface area contributed by atoms with E-state index in [1.807, 2.05) is 0 Å². The number of aryl methyl sites for hydroxylation is 1. The largest absolute Gasteiger partial charge is 0.412 e. The van der Waals surface area contributed by atoms with E-state index in [0.717, 1.165) is 18.2 Å². The van der Waals surface area contributed by atoms with Gasteiger partial charge in [-0.3, -0.25) is 4.79 Å². The van der Waals surface area contributed by atoms with Crippen molar-refractivity contribution in [1.82, 2.24) is 10.5 Å². The highest BCUT2D eigenvalue weighted by Gasteiger charge is 2.44. The lowest BCUT2D eigenvalue weighted by atomic mass is 10.1. The Morgan fingerprint density at radius 1 is 1.32 bits per heavy atom. The van der Waals surface area contributed by atoms with E-state index in [0.29, 0.717) is 6.07 Å². The molecule has 1 N–H and O–H groups in total. The maximum Gasteiger partial charge on any atom is 0.412 e. The Bertz CT molecular complexity index is 696. The Kier molecular flexibility index (Phi) is 4.16. The SMILES string of the molecule is Cc1cc(C(=O)N[C@H](c2cccc(F)c2F)C(F)(F)F)on1. The predicted octanol–water partition coefficient (Wildman–Crippen LogP) is 3.29. The number of benzene rings is 1. The number of carbonyl (C=O) groups is 1. The van der Waals surface area contributed by atoms with Gasteiger partial charge >= 0.3 is 6.18 Å². The number of aromatic nitrogens is 1. The highest BCUT2D eigenvalue weighted by molar-refractivity contribution is 5.91. The first-order chi connectivity index (χ1) is 10.2. The van der Waals surface area contributed by atoms with Crippen molar-refractivity contribution in [2.75, 3.05) is 0 Å². The second kappa shape index (κ2) is 5.74. The van der Waals surface area contributed by atoms with Gasteiger partial charge in [-0.05, 0) is 13.0 Å². The molecule has 0 unspecified atom stereocenters. The quantitative estimate of drug-likeness (QED) is 0.883. The van der Waals surface area contributed by atoms with E-state index in [4.69, 9.17) is 0 Å². The van der Waals surface area contributed by atoms with E-state index in [-0.39, 0.29) is 5.69 Å². The molecule has 0 aliphatic heterocycles. The molecule has 0 radical (unpaired) electrons. The molecule has 9 heteroatoms. The summed E-state index contributed by atoms with van der Waals surface area (Å²) in [7, 11) is 0. The van der Waals surface area contributed by atoms with E-state index in [1.54, 1.807) is 5.32 Å². The summed E-state index contributed by atoms with van der Waals surface area (Å²) in [6.07, 6.45) is -5.03. The molecule has 0 saturated heterocycles. The summed E-state index contributed by atoms with van der Waals surface area (Å²) in [5.41, 5.74) is -0.747. The molecule has 22 heavy (non-hydrogen) atoms. The Morgan fingerprint density at radius 2 is 2.00 bits per heavy atom. The lowest BCUT2D eigenvalue weighted by Crippen LogP contribution is -2.38. The number of carbonyl (C=O) groups excluding carboxylic acids is 1. The summed E-state index contributed by atoms with van der Waals surface area (Å²) >= 11 is 0. The summed E-state index contributed by atoms with van der Waals surface area (Å²) in [4.78, 5) is 11.7. The fourth-order valence-electron chi connectivity index (χ4n) is 1.75. The minimum atomic E-state index is -5.03. The minimum Gasteiger partial charge on any atom is -0.351 e. The van der Waals surface area contributed by atoms with Crippen LogP contribution in [-0.2, 0) is 0 Å². The van der Waals surface area contributed by atoms with Gasteiger partial charge < -0.3 is 9.84 Å². The molecule has 1 amide bonds. The van der Waals surface area contributed by atoms with Crippen molar-refractivity contribution >= 4 is 5.91 Å². The van der Waals surface area contributed by atoms with Crippen molar-refractivity contribution in [1.29, 1.82) is 0 Å². The number of nitrogens with one attached hydrogen (secondary N) is 1. The van der Waals surface area contributed by atoms with Crippen molar-refractivity contribution in [3.05, 3.63) is 52.9 Å². The van der Waals surface area contributed by atoms with Crippen LogP contribution in [0.15, 0.2) is 28.8 Å². The van der Waals surface area contributed by atoms with Gasteiger partial charge in [-0.15, -0.1) is 0 Å². The van der Waals surface area contributed by atoms with Crippen LogP contribution in [0.3, 0.4) is 0 Å². The molecule has 118 valence electrons. The number of alkyl halides is 3. The predicted molar refractivity (Wildman–Crippen MR) is 63.9 cm³/mol. The molecule has 1 heterocycles. The van der Waals surface area contributed by atoms with Gasteiger partial charge in [-0.1, -0.05) is 17.3 Å². The summed E-state index contributed by atoms with van der Waals surface area (Å²) in [5.74, 6) is -4.84. The zero-order chi connectivity index (χ0) is 16.5. The maximum absolute atomic E-state index is 13.6. The topological polar surface area (TPSA) is 55.1 Å². The van der Waals surface area contributed by atoms with E-state index < -0.39 is 41.1 Å². The number of halogens is 5. The Morgan fingerprint density at radius 3 is 2.55 bits per heavy atom. The molecular weight excluding hydrogens is 311 g/mol. The highest BCUT2D eigenvalue weighted by atomic mass is 19.4. The van der Waals surface area contributed by atoms with Crippen LogP contribution in [0.5, 0.6) is 0 Å². The second-order valence-electron chi connectivity index (χ2n) is 4.42. The second-order valence-corrected chi connectivity index (χ2v) is 4.42. The van der Waals surface area contributed by atoms with Gasteiger partial charge in [0, 0.05) is 11.6 Å². The molecule has 0 bridgehead atoms. The van der Waals surface area contributed by atoms with Gasteiger partial charge in [0.1, 0.15) is 0 Å². The lowest BCUT2D eigenvalue weighted by Gasteiger charge is -2.22. The zero-order valence-corrected chi connectivity index (χ0v) is 11.0. The van der Waals surface area contributed by atoms with Crippen molar-refractivity contribution in [2.45, 2.75) is 19.1 Å². The number of nitrogens with zero attached hydrogens (tertiary/aromatic N) is 1. The summed E-state index contributed by atoms with van der Waals surface area (Å²) in [6, 6.07) is 0.722. The van der Waals surface area contributed by atoms with Crippen LogP contribution < -0.4 is 5.32 Å². The van der Waals surface area contributed by atoms with Crippen molar-refractivity contribution < 1.29 is 31.3 Å². The Balaban J connectivity index is 2.36. The molecule has 1 aromatic carbocycles. The standard InChI is InChI=1S/C13H9F5N2O2/c1-6-5-9(22-20-6)12(21)19-11(13(16,17)18)7-3-2-4-8(14)10(7)15/h2-5,11H,1H3,(H,19,21)/t11-/m1/s1. The molecule has 4 nitrogen and oxygen atoms in total. The number of hydrogen-bond acceptors (Lipinski definition) is 3. The number of rotatable bonds is 3. The van der Waals surface area contributed by atoms with Gasteiger partial charge in [-0.2, -0.15) is 13.2 Å². The van der Waals surface area contributed by atoms with Crippen molar-refractivity contribution in [3.8, 4) is 0 Å². The van der Waals surface area contributed by atoms with Gasteiger partial charge in [0.25, 0.3) is 5.91 Å². The normalized spacial score (nSPS) is 13.0. The molecule has 1 atom stereocenters. The Hall–Kier alpha value is -2.45. The van der Waals surface area contributed by atoms with E-state index in [9.17, 15) is 26.7 Å². The summed E-state index contributed by atoms with van der Waals surface area (Å²) in [5, 5.41) is 4.93. The summed E-state index contributed by atoms with van der Waals surface area (Å²) < 4.78 is 70.4. The van der Waals surface area contributed by atoms with Crippen molar-refractivity contribution in [3.63, 3.8) is 0 Å². The van der Waals surface area contributed by atoms with Gasteiger partial charge in [0.2, 0.25) is 5.76 Å². The first-order valence-corrected chi connectivity index (χ1v) is 5.95. The fraction of sp³-hybridized carbons (Fsp3) is 0.231. The molecule has 0 saturated carbocycles. The average molecular weight is 320 g/mol. The third-order valence-corrected chi connectivity index (χ3v) is 2.75. The third-order valence-electron chi connectivity index (χ3n) is 2.75. The van der Waals surface area contributed by atoms with E-state index in [2.05, 4.69) is 9.68 Å². The third kappa shape index (κ3) is 3.23. The first-order valence-electron chi connectivity index (χ1n) is 5.95. The number of hydrogen-bond donors (Lipinski definition) is 1. The highest BCUT2D eigenvalue weighted by Crippen LogP contribution is 2.34. The molecule has 0 aliphatic rings. The molecule has 0 aliphatic carbocycles. The smallest absolute Gasteiger partial charge is 0.351 e. The molecular formula is C13H9F5N2O2. The van der Waals surface area contributed by atoms with E-state index in [1.165, 1.54) is 6.92 Å². The van der Waals surface area contributed by atoms with Crippen LogP contribution >= 0.6 is 0 Å². The fourth-order valence-corrected chi connectivity index (χ4v) is 1.75. The Labute approximate surface area is 120 Å². The van der Waals surface area contributed by atoms with Crippen LogP contribution in [-0.4, -0.2) is 17.2 Å². The lowest BCUT2D eigenvalue weighted by molar-refractivity contribution is -0.156. The molecule has 2 rings (SSSR count). The molecule has 0 fully saturated rings. The van der Waals surface area contributed by atoms with Crippen molar-refractivity contribution in [2.24, 2.45) is 0 Å². The van der Waals surface area contributed by atoms with Gasteiger partial charge in [-0.25, -0.2) is 8.78 Å². The zero-order valence-electron chi connectivity index (χ0n) is 11.0. The van der Waals surface area contributed by atoms with Gasteiger partial charge in [0.05, 0.1) is 5.69 Å². The van der Waals surface area contributed by atoms with Crippen LogP contribution in [0.2, 0.25) is 0 Å². The monoisotopic (exact) mass is 320 g/mol.